The molecule has 80 valence electrons. The molecule has 2 fully saturated rings. The van der Waals surface area contributed by atoms with Crippen LogP contribution in [0.15, 0.2) is 0 Å². The maximum Gasteiger partial charge on any atom is 0.149 e. The first-order chi connectivity index (χ1) is 6.77. The quantitative estimate of drug-likeness (QED) is 0.664. The number of carbonyl (C=O) groups excluding carboxylic acids is 1. The second-order valence-electron chi connectivity index (χ2n) is 4.40. The Morgan fingerprint density at radius 3 is 3.00 bits per heavy atom. The summed E-state index contributed by atoms with van der Waals surface area (Å²) in [5.41, 5.74) is 0. The average molecular weight is 213 g/mol. The highest BCUT2D eigenvalue weighted by atomic mass is 32.2. The van der Waals surface area contributed by atoms with Gasteiger partial charge in [-0.3, -0.25) is 9.69 Å². The molecule has 3 heteroatoms. The Morgan fingerprint density at radius 1 is 1.43 bits per heavy atom. The Morgan fingerprint density at radius 2 is 2.29 bits per heavy atom. The van der Waals surface area contributed by atoms with E-state index in [4.69, 9.17) is 0 Å². The zero-order valence-corrected chi connectivity index (χ0v) is 9.68. The Balaban J connectivity index is 1.94. The monoisotopic (exact) mass is 213 g/mol. The van der Waals surface area contributed by atoms with Gasteiger partial charge in [0.15, 0.2) is 0 Å². The van der Waals surface area contributed by atoms with E-state index >= 15 is 0 Å². The molecule has 1 heterocycles. The van der Waals surface area contributed by atoms with Crippen LogP contribution in [0.4, 0.5) is 0 Å². The third kappa shape index (κ3) is 2.31. The van der Waals surface area contributed by atoms with Crippen LogP contribution in [0.2, 0.25) is 0 Å². The van der Waals surface area contributed by atoms with Crippen LogP contribution < -0.4 is 0 Å². The minimum atomic E-state index is 0.270. The molecule has 2 atom stereocenters. The summed E-state index contributed by atoms with van der Waals surface area (Å²) >= 11 is 2.03. The van der Waals surface area contributed by atoms with Crippen molar-refractivity contribution in [3.63, 3.8) is 0 Å². The van der Waals surface area contributed by atoms with E-state index in [0.717, 1.165) is 32.4 Å². The number of thioether (sulfide) groups is 1. The Labute approximate surface area is 90.4 Å². The SMILES string of the molecule is CC1CN(C2CCCCC2=O)CCS1. The van der Waals surface area contributed by atoms with Gasteiger partial charge in [0.05, 0.1) is 6.04 Å². The first-order valence-corrected chi connectivity index (χ1v) is 6.70. The molecule has 2 unspecified atom stereocenters. The van der Waals surface area contributed by atoms with E-state index in [2.05, 4.69) is 11.8 Å². The van der Waals surface area contributed by atoms with Gasteiger partial charge in [-0.1, -0.05) is 13.3 Å². The molecule has 0 spiro atoms. The Kier molecular flexibility index (Phi) is 3.50. The van der Waals surface area contributed by atoms with Crippen molar-refractivity contribution in [2.45, 2.75) is 43.9 Å². The first kappa shape index (κ1) is 10.5. The molecule has 0 aromatic rings. The van der Waals surface area contributed by atoms with Crippen molar-refractivity contribution in [1.82, 2.24) is 4.90 Å². The van der Waals surface area contributed by atoms with Crippen LogP contribution in [-0.4, -0.2) is 40.8 Å². The number of rotatable bonds is 1. The van der Waals surface area contributed by atoms with Gasteiger partial charge in [-0.05, 0) is 12.8 Å². The third-order valence-corrected chi connectivity index (χ3v) is 4.37. The highest BCUT2D eigenvalue weighted by Gasteiger charge is 2.30. The molecule has 2 aliphatic rings. The van der Waals surface area contributed by atoms with E-state index in [9.17, 15) is 4.79 Å². The molecule has 1 saturated carbocycles. The van der Waals surface area contributed by atoms with E-state index < -0.39 is 0 Å². The second kappa shape index (κ2) is 4.67. The van der Waals surface area contributed by atoms with Crippen LogP contribution in [0.25, 0.3) is 0 Å². The molecule has 2 nitrogen and oxygen atoms in total. The molecule has 1 saturated heterocycles. The van der Waals surface area contributed by atoms with E-state index in [1.807, 2.05) is 11.8 Å². The molecule has 0 bridgehead atoms. The number of hydrogen-bond donors (Lipinski definition) is 0. The van der Waals surface area contributed by atoms with Gasteiger partial charge >= 0.3 is 0 Å². The van der Waals surface area contributed by atoms with Crippen LogP contribution in [0.5, 0.6) is 0 Å². The Hall–Kier alpha value is -0.0200. The molecule has 0 amide bonds. The second-order valence-corrected chi connectivity index (χ2v) is 5.95. The molecule has 1 aliphatic heterocycles. The van der Waals surface area contributed by atoms with Crippen molar-refractivity contribution in [3.8, 4) is 0 Å². The maximum atomic E-state index is 11.8. The van der Waals surface area contributed by atoms with E-state index in [0.29, 0.717) is 11.0 Å². The molecule has 0 radical (unpaired) electrons. The average Bonchev–Trinajstić information content (AvgIpc) is 2.18. The number of nitrogens with zero attached hydrogens (tertiary/aromatic N) is 1. The van der Waals surface area contributed by atoms with Gasteiger partial charge in [0.25, 0.3) is 0 Å². The van der Waals surface area contributed by atoms with Gasteiger partial charge in [0.1, 0.15) is 5.78 Å². The predicted molar refractivity (Wildman–Crippen MR) is 60.8 cm³/mol. The summed E-state index contributed by atoms with van der Waals surface area (Å²) in [7, 11) is 0. The topological polar surface area (TPSA) is 20.3 Å². The van der Waals surface area contributed by atoms with E-state index in [1.54, 1.807) is 0 Å². The zero-order valence-electron chi connectivity index (χ0n) is 8.87. The normalized spacial score (nSPS) is 35.9. The Bertz CT molecular complexity index is 219. The number of Topliss-reactive ketones (excluding diaryl/α,β-unsaturated/α-hetero) is 1. The molecule has 0 aromatic heterocycles. The maximum absolute atomic E-state index is 11.8. The zero-order chi connectivity index (χ0) is 9.97. The first-order valence-electron chi connectivity index (χ1n) is 5.66. The van der Waals surface area contributed by atoms with Crippen molar-refractivity contribution in [2.24, 2.45) is 0 Å². The van der Waals surface area contributed by atoms with Crippen LogP contribution in [0, 0.1) is 0 Å². The summed E-state index contributed by atoms with van der Waals surface area (Å²) in [5.74, 6) is 1.70. The fourth-order valence-electron chi connectivity index (χ4n) is 2.48. The number of hydrogen-bond acceptors (Lipinski definition) is 3. The molecular formula is C11H19NOS. The third-order valence-electron chi connectivity index (χ3n) is 3.24. The van der Waals surface area contributed by atoms with Gasteiger partial charge in [-0.15, -0.1) is 0 Å². The van der Waals surface area contributed by atoms with Gasteiger partial charge in [-0.25, -0.2) is 0 Å². The summed E-state index contributed by atoms with van der Waals surface area (Å²) in [6.07, 6.45) is 4.29. The van der Waals surface area contributed by atoms with Gasteiger partial charge < -0.3 is 0 Å². The predicted octanol–water partition coefficient (Wildman–Crippen LogP) is 1.94. The lowest BCUT2D eigenvalue weighted by atomic mass is 9.92. The number of carbonyl (C=O) groups is 1. The van der Waals surface area contributed by atoms with Crippen molar-refractivity contribution in [3.05, 3.63) is 0 Å². The standard InChI is InChI=1S/C11H19NOS/c1-9-8-12(6-7-14-9)10-4-2-3-5-11(10)13/h9-10H,2-8H2,1H3. The summed E-state index contributed by atoms with van der Waals surface area (Å²) in [5, 5.41) is 0.707. The largest absolute Gasteiger partial charge is 0.298 e. The van der Waals surface area contributed by atoms with Gasteiger partial charge in [0.2, 0.25) is 0 Å². The highest BCUT2D eigenvalue weighted by Crippen LogP contribution is 2.25. The summed E-state index contributed by atoms with van der Waals surface area (Å²) in [6, 6.07) is 0.270. The van der Waals surface area contributed by atoms with Gasteiger partial charge in [0, 0.05) is 30.5 Å². The van der Waals surface area contributed by atoms with E-state index in [-0.39, 0.29) is 6.04 Å². The fourth-order valence-corrected chi connectivity index (χ4v) is 3.52. The van der Waals surface area contributed by atoms with Crippen LogP contribution in [0.1, 0.15) is 32.6 Å². The lowest BCUT2D eigenvalue weighted by Crippen LogP contribution is -2.48. The lowest BCUT2D eigenvalue weighted by molar-refractivity contribution is -0.126. The van der Waals surface area contributed by atoms with Crippen molar-refractivity contribution < 1.29 is 4.79 Å². The van der Waals surface area contributed by atoms with Gasteiger partial charge in [-0.2, -0.15) is 11.8 Å². The minimum Gasteiger partial charge on any atom is -0.298 e. The molecule has 0 N–H and O–H groups in total. The molecule has 2 rings (SSSR count). The minimum absolute atomic E-state index is 0.270. The fraction of sp³-hybridized carbons (Fsp3) is 0.909. The molecule has 1 aliphatic carbocycles. The molecular weight excluding hydrogens is 194 g/mol. The van der Waals surface area contributed by atoms with Crippen LogP contribution in [0.3, 0.4) is 0 Å². The smallest absolute Gasteiger partial charge is 0.149 e. The summed E-state index contributed by atoms with van der Waals surface area (Å²) < 4.78 is 0. The molecule has 0 aromatic carbocycles. The van der Waals surface area contributed by atoms with Crippen molar-refractivity contribution in [2.75, 3.05) is 18.8 Å². The van der Waals surface area contributed by atoms with Crippen molar-refractivity contribution in [1.29, 1.82) is 0 Å². The van der Waals surface area contributed by atoms with E-state index in [1.165, 1.54) is 12.2 Å². The van der Waals surface area contributed by atoms with Crippen LogP contribution in [-0.2, 0) is 4.79 Å². The summed E-state index contributed by atoms with van der Waals surface area (Å²) in [6.45, 7) is 4.50. The highest BCUT2D eigenvalue weighted by molar-refractivity contribution is 7.99. The lowest BCUT2D eigenvalue weighted by Gasteiger charge is -2.37. The van der Waals surface area contributed by atoms with Crippen molar-refractivity contribution >= 4 is 17.5 Å². The summed E-state index contributed by atoms with van der Waals surface area (Å²) in [4.78, 5) is 14.2. The number of ketones is 1. The molecule has 14 heavy (non-hydrogen) atoms. The van der Waals surface area contributed by atoms with Crippen LogP contribution >= 0.6 is 11.8 Å².